The summed E-state index contributed by atoms with van der Waals surface area (Å²) in [7, 11) is 0. The molecule has 1 amide bonds. The Labute approximate surface area is 231 Å². The maximum Gasteiger partial charge on any atom is 0.267 e. The van der Waals surface area contributed by atoms with Crippen molar-refractivity contribution in [3.63, 3.8) is 0 Å². The predicted octanol–water partition coefficient (Wildman–Crippen LogP) is 4.25. The van der Waals surface area contributed by atoms with Crippen molar-refractivity contribution in [2.45, 2.75) is 52.5 Å². The van der Waals surface area contributed by atoms with Crippen LogP contribution in [-0.4, -0.2) is 30.6 Å². The van der Waals surface area contributed by atoms with Crippen LogP contribution in [0.2, 0.25) is 0 Å². The molecule has 0 bridgehead atoms. The molecular formula is C30H29N7O3. The highest BCUT2D eigenvalue weighted by Crippen LogP contribution is 2.26. The van der Waals surface area contributed by atoms with E-state index < -0.39 is 11.9 Å². The number of hydroxylamine groups is 1. The zero-order valence-electron chi connectivity index (χ0n) is 22.5. The van der Waals surface area contributed by atoms with Crippen LogP contribution in [-0.2, 0) is 4.79 Å². The van der Waals surface area contributed by atoms with E-state index in [1.807, 2.05) is 37.3 Å². The highest BCUT2D eigenvalue weighted by atomic mass is 16.5. The SMILES string of the molecule is CC[C@H](Nc1nc(C)nc(C)c1C#N)c1nc2cccc(C#CCCCC(=O)NO)c2c(=O)n1-c1ccccc1. The average Bonchev–Trinajstić information content (AvgIpc) is 2.95. The topological polar surface area (TPSA) is 146 Å². The zero-order valence-corrected chi connectivity index (χ0v) is 22.5. The molecule has 202 valence electrons. The van der Waals surface area contributed by atoms with Crippen molar-refractivity contribution < 1.29 is 10.0 Å². The maximum absolute atomic E-state index is 14.2. The largest absolute Gasteiger partial charge is 0.359 e. The third kappa shape index (κ3) is 5.98. The van der Waals surface area contributed by atoms with Crippen molar-refractivity contribution in [1.29, 1.82) is 5.26 Å². The lowest BCUT2D eigenvalue weighted by atomic mass is 10.1. The van der Waals surface area contributed by atoms with Crippen molar-refractivity contribution >= 4 is 22.6 Å². The van der Waals surface area contributed by atoms with Crippen molar-refractivity contribution in [2.24, 2.45) is 0 Å². The molecule has 0 saturated heterocycles. The van der Waals surface area contributed by atoms with Gasteiger partial charge in [0.05, 0.1) is 28.3 Å². The van der Waals surface area contributed by atoms with Gasteiger partial charge in [-0.1, -0.05) is 43.0 Å². The molecule has 3 N–H and O–H groups in total. The molecule has 0 aliphatic carbocycles. The normalized spacial score (nSPS) is 11.3. The van der Waals surface area contributed by atoms with E-state index in [0.29, 0.717) is 70.1 Å². The summed E-state index contributed by atoms with van der Waals surface area (Å²) in [6, 6.07) is 16.3. The van der Waals surface area contributed by atoms with E-state index >= 15 is 0 Å². The molecular weight excluding hydrogens is 506 g/mol. The molecule has 0 aliphatic rings. The van der Waals surface area contributed by atoms with Gasteiger partial charge in [-0.3, -0.25) is 19.4 Å². The summed E-state index contributed by atoms with van der Waals surface area (Å²) < 4.78 is 1.58. The number of carbonyl (C=O) groups is 1. The Morgan fingerprint density at radius 2 is 1.88 bits per heavy atom. The third-order valence-electron chi connectivity index (χ3n) is 6.34. The molecule has 0 unspecified atom stereocenters. The number of aryl methyl sites for hydroxylation is 2. The number of hydrogen-bond acceptors (Lipinski definition) is 8. The lowest BCUT2D eigenvalue weighted by Gasteiger charge is -2.23. The Morgan fingerprint density at radius 1 is 1.10 bits per heavy atom. The monoisotopic (exact) mass is 535 g/mol. The lowest BCUT2D eigenvalue weighted by molar-refractivity contribution is -0.129. The standard InChI is InChI=1S/C30H29N7O3/c1-4-24(34-28-23(18-31)19(2)32-20(3)33-28)29-35-25-16-11-13-21(12-7-5-10-17-26(38)36-40)27(25)30(39)37(29)22-14-8-6-9-15-22/h6,8-9,11,13-16,24,40H,4-5,10,17H2,1-3H3,(H,36,38)(H,32,33,34)/t24-/m0/s1. The van der Waals surface area contributed by atoms with Crippen molar-refractivity contribution in [3.05, 3.63) is 87.4 Å². The fraction of sp³-hybridized carbons (Fsp3) is 0.267. The molecule has 0 fully saturated rings. The summed E-state index contributed by atoms with van der Waals surface area (Å²) in [5, 5.41) is 22.1. The van der Waals surface area contributed by atoms with E-state index in [1.165, 1.54) is 0 Å². The molecule has 0 aliphatic heterocycles. The van der Waals surface area contributed by atoms with Gasteiger partial charge in [-0.05, 0) is 51.0 Å². The molecule has 4 rings (SSSR count). The summed E-state index contributed by atoms with van der Waals surface area (Å²) in [4.78, 5) is 39.1. The first-order chi connectivity index (χ1) is 19.4. The van der Waals surface area contributed by atoms with Gasteiger partial charge in [0.1, 0.15) is 29.1 Å². The number of unbranched alkanes of at least 4 members (excludes halogenated alkanes) is 1. The minimum atomic E-state index is -0.470. The number of anilines is 1. The Morgan fingerprint density at radius 3 is 2.58 bits per heavy atom. The highest BCUT2D eigenvalue weighted by Gasteiger charge is 2.23. The van der Waals surface area contributed by atoms with Gasteiger partial charge in [0, 0.05) is 18.4 Å². The van der Waals surface area contributed by atoms with Crippen molar-refractivity contribution in [2.75, 3.05) is 5.32 Å². The minimum absolute atomic E-state index is 0.150. The second kappa shape index (κ2) is 12.7. The third-order valence-corrected chi connectivity index (χ3v) is 6.34. The first kappa shape index (κ1) is 28.0. The summed E-state index contributed by atoms with van der Waals surface area (Å²) in [5.74, 6) is 7.01. The van der Waals surface area contributed by atoms with Crippen LogP contribution in [0.5, 0.6) is 0 Å². The number of benzene rings is 2. The van der Waals surface area contributed by atoms with Gasteiger partial charge in [-0.25, -0.2) is 20.4 Å². The second-order valence-electron chi connectivity index (χ2n) is 9.13. The molecule has 2 aromatic carbocycles. The van der Waals surface area contributed by atoms with Crippen molar-refractivity contribution in [3.8, 4) is 23.6 Å². The van der Waals surface area contributed by atoms with Gasteiger partial charge in [0.15, 0.2) is 0 Å². The highest BCUT2D eigenvalue weighted by molar-refractivity contribution is 5.84. The van der Waals surface area contributed by atoms with Crippen LogP contribution in [0.4, 0.5) is 5.82 Å². The summed E-state index contributed by atoms with van der Waals surface area (Å²) in [6.07, 6.45) is 1.59. The number of hydrogen-bond donors (Lipinski definition) is 3. The molecule has 0 radical (unpaired) electrons. The Balaban J connectivity index is 1.86. The fourth-order valence-electron chi connectivity index (χ4n) is 4.43. The van der Waals surface area contributed by atoms with Crippen LogP contribution >= 0.6 is 0 Å². The van der Waals surface area contributed by atoms with Crippen LogP contribution in [0.15, 0.2) is 53.3 Å². The number of rotatable bonds is 8. The van der Waals surface area contributed by atoms with Gasteiger partial charge in [-0.15, -0.1) is 0 Å². The molecule has 10 nitrogen and oxygen atoms in total. The number of fused-ring (bicyclic) bond motifs is 1. The van der Waals surface area contributed by atoms with E-state index in [1.54, 1.807) is 42.1 Å². The van der Waals surface area contributed by atoms with Crippen LogP contribution in [0.1, 0.15) is 67.1 Å². The van der Waals surface area contributed by atoms with Gasteiger partial charge < -0.3 is 5.32 Å². The van der Waals surface area contributed by atoms with Crippen LogP contribution in [0.25, 0.3) is 16.6 Å². The number of aromatic nitrogens is 4. The molecule has 10 heteroatoms. The van der Waals surface area contributed by atoms with Gasteiger partial charge in [0.2, 0.25) is 5.91 Å². The Bertz CT molecular complexity index is 1710. The number of nitriles is 1. The minimum Gasteiger partial charge on any atom is -0.359 e. The predicted molar refractivity (Wildman–Crippen MR) is 151 cm³/mol. The summed E-state index contributed by atoms with van der Waals surface area (Å²) >= 11 is 0. The number of amides is 1. The van der Waals surface area contributed by atoms with Crippen LogP contribution in [0.3, 0.4) is 0 Å². The summed E-state index contributed by atoms with van der Waals surface area (Å²) in [6.45, 7) is 5.49. The number of nitrogens with one attached hydrogen (secondary N) is 2. The van der Waals surface area contributed by atoms with Gasteiger partial charge in [0.25, 0.3) is 5.56 Å². The average molecular weight is 536 g/mol. The van der Waals surface area contributed by atoms with E-state index in [9.17, 15) is 14.9 Å². The molecule has 0 saturated carbocycles. The second-order valence-corrected chi connectivity index (χ2v) is 9.13. The number of para-hydroxylation sites is 1. The van der Waals surface area contributed by atoms with Gasteiger partial charge in [-0.2, -0.15) is 5.26 Å². The van der Waals surface area contributed by atoms with E-state index in [-0.39, 0.29) is 12.0 Å². The van der Waals surface area contributed by atoms with Gasteiger partial charge >= 0.3 is 0 Å². The smallest absolute Gasteiger partial charge is 0.267 e. The van der Waals surface area contributed by atoms with Crippen LogP contribution < -0.4 is 16.4 Å². The fourth-order valence-corrected chi connectivity index (χ4v) is 4.43. The first-order valence-electron chi connectivity index (χ1n) is 12.9. The van der Waals surface area contributed by atoms with E-state index in [4.69, 9.17) is 10.2 Å². The quantitative estimate of drug-likeness (QED) is 0.131. The molecule has 1 atom stereocenters. The first-order valence-corrected chi connectivity index (χ1v) is 12.9. The van der Waals surface area contributed by atoms with E-state index in [0.717, 1.165) is 0 Å². The Kier molecular flexibility index (Phi) is 8.85. The maximum atomic E-state index is 14.2. The number of nitrogens with zero attached hydrogens (tertiary/aromatic N) is 5. The Hall–Kier alpha value is -5.06. The molecule has 0 spiro atoms. The zero-order chi connectivity index (χ0) is 28.6. The summed E-state index contributed by atoms with van der Waals surface area (Å²) in [5.41, 5.74) is 3.92. The lowest BCUT2D eigenvalue weighted by Crippen LogP contribution is -2.29. The van der Waals surface area contributed by atoms with E-state index in [2.05, 4.69) is 33.2 Å². The van der Waals surface area contributed by atoms with Crippen LogP contribution in [0, 0.1) is 37.0 Å². The van der Waals surface area contributed by atoms with Crippen molar-refractivity contribution in [1.82, 2.24) is 25.0 Å². The number of carbonyl (C=O) groups excluding carboxylic acids is 1. The molecule has 2 aromatic heterocycles. The molecule has 2 heterocycles. The molecule has 4 aromatic rings. The molecule has 40 heavy (non-hydrogen) atoms.